The van der Waals surface area contributed by atoms with Crippen LogP contribution in [0.5, 0.6) is 11.5 Å². The highest BCUT2D eigenvalue weighted by molar-refractivity contribution is 6.03. The van der Waals surface area contributed by atoms with Gasteiger partial charge in [-0.05, 0) is 51.0 Å². The Balaban J connectivity index is 1.57. The first kappa shape index (κ1) is 24.2. The molecule has 2 heterocycles. The standard InChI is InChI=1S/C29H35N3O4/c1-4-36-26-13-9-8-10-21(26)18-32-27(33)25-16-20-14-15-23(35-3)17-24(20)31(25)19-29(32,2)28(34)30-22-11-6-5-7-12-22/h8-10,13-17,22H,4-7,11-12,18-19H2,1-3H3,(H,30,34). The quantitative estimate of drug-likeness (QED) is 0.512. The Morgan fingerprint density at radius 2 is 1.89 bits per heavy atom. The van der Waals surface area contributed by atoms with Crippen molar-refractivity contribution in [1.29, 1.82) is 0 Å². The lowest BCUT2D eigenvalue weighted by Crippen LogP contribution is -2.64. The van der Waals surface area contributed by atoms with Gasteiger partial charge in [-0.15, -0.1) is 0 Å². The Kier molecular flexibility index (Phi) is 6.65. The molecule has 1 saturated carbocycles. The predicted octanol–water partition coefficient (Wildman–Crippen LogP) is 4.91. The highest BCUT2D eigenvalue weighted by Gasteiger charge is 2.48. The van der Waals surface area contributed by atoms with Crippen molar-refractivity contribution in [3.8, 4) is 11.5 Å². The second-order valence-corrected chi connectivity index (χ2v) is 10.1. The highest BCUT2D eigenvalue weighted by Crippen LogP contribution is 2.36. The van der Waals surface area contributed by atoms with Gasteiger partial charge in [0.25, 0.3) is 5.91 Å². The minimum absolute atomic E-state index is 0.105. The maximum atomic E-state index is 14.1. The van der Waals surface area contributed by atoms with Crippen LogP contribution in [0.3, 0.4) is 0 Å². The van der Waals surface area contributed by atoms with E-state index in [0.29, 0.717) is 18.8 Å². The van der Waals surface area contributed by atoms with E-state index in [1.165, 1.54) is 6.42 Å². The second kappa shape index (κ2) is 9.88. The van der Waals surface area contributed by atoms with Gasteiger partial charge in [-0.2, -0.15) is 0 Å². The molecule has 2 aliphatic rings. The molecule has 0 bridgehead atoms. The molecular weight excluding hydrogens is 454 g/mol. The Bertz CT molecular complexity index is 1280. The van der Waals surface area contributed by atoms with Crippen LogP contribution in [0.2, 0.25) is 0 Å². The summed E-state index contributed by atoms with van der Waals surface area (Å²) in [5.74, 6) is 1.19. The summed E-state index contributed by atoms with van der Waals surface area (Å²) in [6.45, 7) is 5.01. The van der Waals surface area contributed by atoms with E-state index >= 15 is 0 Å². The third kappa shape index (κ3) is 4.31. The van der Waals surface area contributed by atoms with Crippen LogP contribution in [0.15, 0.2) is 48.5 Å². The number of carbonyl (C=O) groups is 2. The van der Waals surface area contributed by atoms with Gasteiger partial charge in [0, 0.05) is 23.1 Å². The summed E-state index contributed by atoms with van der Waals surface area (Å²) in [6, 6.07) is 15.6. The number of nitrogens with one attached hydrogen (secondary N) is 1. The van der Waals surface area contributed by atoms with Crippen molar-refractivity contribution in [1.82, 2.24) is 14.8 Å². The summed E-state index contributed by atoms with van der Waals surface area (Å²) in [5, 5.41) is 4.25. The molecule has 1 aliphatic carbocycles. The minimum Gasteiger partial charge on any atom is -0.497 e. The van der Waals surface area contributed by atoms with Gasteiger partial charge in [0.05, 0.1) is 32.3 Å². The Labute approximate surface area is 212 Å². The Morgan fingerprint density at radius 3 is 2.64 bits per heavy atom. The lowest BCUT2D eigenvalue weighted by molar-refractivity contribution is -0.134. The first-order valence-corrected chi connectivity index (χ1v) is 13.0. The van der Waals surface area contributed by atoms with Crippen molar-refractivity contribution in [2.45, 2.75) is 70.6 Å². The molecule has 0 saturated heterocycles. The van der Waals surface area contributed by atoms with E-state index in [1.54, 1.807) is 12.0 Å². The molecule has 7 heteroatoms. The Morgan fingerprint density at radius 1 is 1.11 bits per heavy atom. The number of ether oxygens (including phenoxy) is 2. The molecule has 190 valence electrons. The molecule has 1 atom stereocenters. The molecule has 1 N–H and O–H groups in total. The molecule has 1 aromatic heterocycles. The van der Waals surface area contributed by atoms with E-state index < -0.39 is 5.54 Å². The van der Waals surface area contributed by atoms with Crippen molar-refractivity contribution in [2.24, 2.45) is 0 Å². The number of para-hydroxylation sites is 1. The molecule has 2 aromatic carbocycles. The van der Waals surface area contributed by atoms with Crippen molar-refractivity contribution in [2.75, 3.05) is 13.7 Å². The third-order valence-corrected chi connectivity index (χ3v) is 7.67. The summed E-state index contributed by atoms with van der Waals surface area (Å²) < 4.78 is 13.3. The van der Waals surface area contributed by atoms with E-state index in [4.69, 9.17) is 9.47 Å². The fourth-order valence-electron chi connectivity index (χ4n) is 5.59. The van der Waals surface area contributed by atoms with Crippen LogP contribution in [0.25, 0.3) is 10.9 Å². The van der Waals surface area contributed by atoms with Crippen molar-refractivity contribution < 1.29 is 19.1 Å². The first-order valence-electron chi connectivity index (χ1n) is 13.0. The summed E-state index contributed by atoms with van der Waals surface area (Å²) in [7, 11) is 1.63. The zero-order valence-electron chi connectivity index (χ0n) is 21.4. The Hall–Kier alpha value is -3.48. The molecule has 7 nitrogen and oxygen atoms in total. The average molecular weight is 490 g/mol. The van der Waals surface area contributed by atoms with Crippen LogP contribution in [-0.4, -0.2) is 46.6 Å². The van der Waals surface area contributed by atoms with Gasteiger partial charge in [0.15, 0.2) is 0 Å². The van der Waals surface area contributed by atoms with Crippen LogP contribution >= 0.6 is 0 Å². The number of amides is 2. The number of aromatic nitrogens is 1. The largest absolute Gasteiger partial charge is 0.497 e. The maximum Gasteiger partial charge on any atom is 0.271 e. The number of rotatable bonds is 7. The van der Waals surface area contributed by atoms with E-state index in [-0.39, 0.29) is 24.4 Å². The third-order valence-electron chi connectivity index (χ3n) is 7.67. The molecule has 0 spiro atoms. The molecule has 1 fully saturated rings. The lowest BCUT2D eigenvalue weighted by Gasteiger charge is -2.45. The zero-order valence-corrected chi connectivity index (χ0v) is 21.4. The first-order chi connectivity index (χ1) is 17.4. The summed E-state index contributed by atoms with van der Waals surface area (Å²) in [6.07, 6.45) is 5.43. The van der Waals surface area contributed by atoms with Gasteiger partial charge in [-0.1, -0.05) is 37.5 Å². The summed E-state index contributed by atoms with van der Waals surface area (Å²) in [4.78, 5) is 29.8. The number of benzene rings is 2. The number of methoxy groups -OCH3 is 1. The molecule has 2 amide bonds. The van der Waals surface area contributed by atoms with Crippen LogP contribution in [0, 0.1) is 0 Å². The molecule has 5 rings (SSSR count). The number of hydrogen-bond donors (Lipinski definition) is 1. The van der Waals surface area contributed by atoms with Crippen molar-refractivity contribution in [3.63, 3.8) is 0 Å². The SMILES string of the molecule is CCOc1ccccc1CN1C(=O)c2cc3ccc(OC)cc3n2CC1(C)C(=O)NC1CCCCC1. The summed E-state index contributed by atoms with van der Waals surface area (Å²) >= 11 is 0. The molecule has 3 aromatic rings. The van der Waals surface area contributed by atoms with E-state index in [9.17, 15) is 9.59 Å². The van der Waals surface area contributed by atoms with Crippen molar-refractivity contribution in [3.05, 3.63) is 59.8 Å². The average Bonchev–Trinajstić information content (AvgIpc) is 3.25. The molecular formula is C29H35N3O4. The predicted molar refractivity (Wildman–Crippen MR) is 139 cm³/mol. The van der Waals surface area contributed by atoms with Gasteiger partial charge in [0.2, 0.25) is 5.91 Å². The number of fused-ring (bicyclic) bond motifs is 3. The smallest absolute Gasteiger partial charge is 0.271 e. The maximum absolute atomic E-state index is 14.1. The van der Waals surface area contributed by atoms with Crippen molar-refractivity contribution >= 4 is 22.7 Å². The van der Waals surface area contributed by atoms with Gasteiger partial charge in [-0.3, -0.25) is 9.59 Å². The fraction of sp³-hybridized carbons (Fsp3) is 0.448. The monoisotopic (exact) mass is 489 g/mol. The van der Waals surface area contributed by atoms with Gasteiger partial charge in [0.1, 0.15) is 22.7 Å². The van der Waals surface area contributed by atoms with Crippen LogP contribution < -0.4 is 14.8 Å². The van der Waals surface area contributed by atoms with Gasteiger partial charge < -0.3 is 24.3 Å². The van der Waals surface area contributed by atoms with E-state index in [0.717, 1.165) is 53.6 Å². The number of nitrogens with zero attached hydrogens (tertiary/aromatic N) is 2. The highest BCUT2D eigenvalue weighted by atomic mass is 16.5. The van der Waals surface area contributed by atoms with E-state index in [2.05, 4.69) is 5.32 Å². The van der Waals surface area contributed by atoms with Crippen LogP contribution in [0.1, 0.15) is 62.0 Å². The lowest BCUT2D eigenvalue weighted by atomic mass is 9.91. The number of hydrogen-bond acceptors (Lipinski definition) is 4. The number of carbonyl (C=O) groups excluding carboxylic acids is 2. The minimum atomic E-state index is -1.07. The second-order valence-electron chi connectivity index (χ2n) is 10.1. The van der Waals surface area contributed by atoms with Crippen LogP contribution in [-0.2, 0) is 17.9 Å². The van der Waals surface area contributed by atoms with Gasteiger partial charge in [-0.25, -0.2) is 0 Å². The normalized spacial score (nSPS) is 20.3. The van der Waals surface area contributed by atoms with Gasteiger partial charge >= 0.3 is 0 Å². The molecule has 1 aliphatic heterocycles. The fourth-order valence-corrected chi connectivity index (χ4v) is 5.59. The van der Waals surface area contributed by atoms with Crippen LogP contribution in [0.4, 0.5) is 0 Å². The molecule has 1 unspecified atom stereocenters. The molecule has 36 heavy (non-hydrogen) atoms. The molecule has 0 radical (unpaired) electrons. The topological polar surface area (TPSA) is 72.8 Å². The van der Waals surface area contributed by atoms with E-state index in [1.807, 2.05) is 66.9 Å². The summed E-state index contributed by atoms with van der Waals surface area (Å²) in [5.41, 5.74) is 1.28. The zero-order chi connectivity index (χ0) is 25.3.